The minimum atomic E-state index is 0.163. The minimum absolute atomic E-state index is 0.163. The van der Waals surface area contributed by atoms with Crippen LogP contribution in [0.4, 0.5) is 5.95 Å². The molecule has 0 saturated heterocycles. The lowest BCUT2D eigenvalue weighted by Crippen LogP contribution is -2.06. The van der Waals surface area contributed by atoms with Gasteiger partial charge in [-0.3, -0.25) is 4.98 Å². The molecule has 120 valence electrons. The Morgan fingerprint density at radius 1 is 1.22 bits per heavy atom. The number of nitrogen functional groups attached to an aromatic ring is 1. The summed E-state index contributed by atoms with van der Waals surface area (Å²) in [5, 5.41) is 1.98. The Bertz CT molecular complexity index is 901. The van der Waals surface area contributed by atoms with Crippen molar-refractivity contribution in [2.24, 2.45) is 0 Å². The van der Waals surface area contributed by atoms with Crippen molar-refractivity contribution < 1.29 is 0 Å². The Morgan fingerprint density at radius 2 is 1.96 bits per heavy atom. The molecule has 0 amide bonds. The summed E-state index contributed by atoms with van der Waals surface area (Å²) < 4.78 is 2.00. The SMILES string of the molecule is CCc1cn(Cc2ncc(C)c(Cl)c2C)c2nc(N)nc(Cl)c12. The second-order valence-corrected chi connectivity index (χ2v) is 6.27. The lowest BCUT2D eigenvalue weighted by Gasteiger charge is -2.10. The lowest BCUT2D eigenvalue weighted by atomic mass is 10.1. The van der Waals surface area contributed by atoms with E-state index >= 15 is 0 Å². The number of hydrogen-bond donors (Lipinski definition) is 1. The van der Waals surface area contributed by atoms with Crippen molar-refractivity contribution in [1.82, 2.24) is 19.5 Å². The summed E-state index contributed by atoms with van der Waals surface area (Å²) in [5.41, 5.74) is 10.4. The van der Waals surface area contributed by atoms with E-state index in [1.54, 1.807) is 6.20 Å². The van der Waals surface area contributed by atoms with E-state index in [0.717, 1.165) is 44.9 Å². The molecule has 3 aromatic rings. The van der Waals surface area contributed by atoms with Crippen molar-refractivity contribution in [2.45, 2.75) is 33.7 Å². The van der Waals surface area contributed by atoms with Crippen LogP contribution in [0.5, 0.6) is 0 Å². The summed E-state index contributed by atoms with van der Waals surface area (Å²) in [5.74, 6) is 0.163. The largest absolute Gasteiger partial charge is 0.368 e. The van der Waals surface area contributed by atoms with E-state index in [0.29, 0.717) is 11.7 Å². The Labute approximate surface area is 144 Å². The van der Waals surface area contributed by atoms with Gasteiger partial charge in [0.25, 0.3) is 0 Å². The van der Waals surface area contributed by atoms with Crippen LogP contribution in [0.3, 0.4) is 0 Å². The van der Waals surface area contributed by atoms with Gasteiger partial charge in [-0.2, -0.15) is 4.98 Å². The van der Waals surface area contributed by atoms with Crippen LogP contribution in [-0.2, 0) is 13.0 Å². The van der Waals surface area contributed by atoms with Crippen molar-refractivity contribution in [3.63, 3.8) is 0 Å². The maximum atomic E-state index is 6.33. The quantitative estimate of drug-likeness (QED) is 0.727. The van der Waals surface area contributed by atoms with Crippen LogP contribution in [-0.4, -0.2) is 19.5 Å². The van der Waals surface area contributed by atoms with Gasteiger partial charge in [0.1, 0.15) is 10.8 Å². The van der Waals surface area contributed by atoms with E-state index in [2.05, 4.69) is 21.9 Å². The first-order chi connectivity index (χ1) is 10.9. The monoisotopic (exact) mass is 349 g/mol. The summed E-state index contributed by atoms with van der Waals surface area (Å²) in [7, 11) is 0. The molecule has 3 aromatic heterocycles. The third kappa shape index (κ3) is 2.75. The maximum absolute atomic E-state index is 6.33. The molecule has 3 heterocycles. The minimum Gasteiger partial charge on any atom is -0.368 e. The van der Waals surface area contributed by atoms with E-state index in [1.807, 2.05) is 24.6 Å². The van der Waals surface area contributed by atoms with Gasteiger partial charge in [-0.1, -0.05) is 30.1 Å². The number of hydrogen-bond acceptors (Lipinski definition) is 4. The molecule has 0 aliphatic heterocycles. The van der Waals surface area contributed by atoms with Crippen LogP contribution >= 0.6 is 23.2 Å². The van der Waals surface area contributed by atoms with Gasteiger partial charge in [-0.15, -0.1) is 0 Å². The Hall–Kier alpha value is -1.85. The number of halogens is 2. The van der Waals surface area contributed by atoms with Crippen molar-refractivity contribution in [2.75, 3.05) is 5.73 Å². The van der Waals surface area contributed by atoms with Gasteiger partial charge in [0.15, 0.2) is 0 Å². The highest BCUT2D eigenvalue weighted by molar-refractivity contribution is 6.34. The highest BCUT2D eigenvalue weighted by Gasteiger charge is 2.16. The molecule has 0 aliphatic carbocycles. The number of aromatic nitrogens is 4. The molecule has 7 heteroatoms. The molecule has 0 radical (unpaired) electrons. The Kier molecular flexibility index (Phi) is 4.17. The van der Waals surface area contributed by atoms with Crippen LogP contribution in [0.15, 0.2) is 12.4 Å². The topological polar surface area (TPSA) is 69.6 Å². The van der Waals surface area contributed by atoms with E-state index in [1.165, 1.54) is 0 Å². The van der Waals surface area contributed by atoms with Crippen LogP contribution < -0.4 is 5.73 Å². The molecule has 0 bridgehead atoms. The smallest absolute Gasteiger partial charge is 0.223 e. The number of nitrogens with zero attached hydrogens (tertiary/aromatic N) is 4. The first-order valence-electron chi connectivity index (χ1n) is 7.33. The summed E-state index contributed by atoms with van der Waals surface area (Å²) in [4.78, 5) is 12.9. The van der Waals surface area contributed by atoms with Gasteiger partial charge in [0.05, 0.1) is 17.6 Å². The van der Waals surface area contributed by atoms with E-state index in [9.17, 15) is 0 Å². The molecule has 5 nitrogen and oxygen atoms in total. The number of anilines is 1. The van der Waals surface area contributed by atoms with Gasteiger partial charge in [0.2, 0.25) is 5.95 Å². The standard InChI is InChI=1S/C16H17Cl2N5/c1-4-10-6-23(15-12(10)14(18)21-16(19)22-15)7-11-9(3)13(17)8(2)5-20-11/h5-6H,4,7H2,1-3H3,(H2,19,21,22). The molecule has 23 heavy (non-hydrogen) atoms. The third-order valence-corrected chi connectivity index (χ3v) is 4.85. The number of aryl methyl sites for hydroxylation is 2. The normalized spacial score (nSPS) is 11.3. The number of pyridine rings is 1. The van der Waals surface area contributed by atoms with Crippen LogP contribution in [0.1, 0.15) is 29.3 Å². The molecule has 3 rings (SSSR count). The Morgan fingerprint density at radius 3 is 2.65 bits per heavy atom. The van der Waals surface area contributed by atoms with Crippen LogP contribution in [0, 0.1) is 13.8 Å². The van der Waals surface area contributed by atoms with Crippen LogP contribution in [0.25, 0.3) is 11.0 Å². The third-order valence-electron chi connectivity index (χ3n) is 3.99. The zero-order chi connectivity index (χ0) is 16.7. The predicted octanol–water partition coefficient (Wildman–Crippen LogP) is 3.94. The summed E-state index contributed by atoms with van der Waals surface area (Å²) in [6, 6.07) is 0. The second-order valence-electron chi connectivity index (χ2n) is 5.53. The van der Waals surface area contributed by atoms with E-state index < -0.39 is 0 Å². The van der Waals surface area contributed by atoms with Gasteiger partial charge in [0, 0.05) is 17.4 Å². The van der Waals surface area contributed by atoms with Gasteiger partial charge in [-0.25, -0.2) is 4.98 Å². The second kappa shape index (κ2) is 5.98. The fourth-order valence-electron chi connectivity index (χ4n) is 2.70. The van der Waals surface area contributed by atoms with E-state index in [-0.39, 0.29) is 5.95 Å². The molecule has 0 atom stereocenters. The summed E-state index contributed by atoms with van der Waals surface area (Å²) in [6.07, 6.45) is 4.64. The number of rotatable bonds is 3. The van der Waals surface area contributed by atoms with Crippen molar-refractivity contribution in [3.05, 3.63) is 45.0 Å². The molecular weight excluding hydrogens is 333 g/mol. The van der Waals surface area contributed by atoms with Gasteiger partial charge in [-0.05, 0) is 37.0 Å². The molecule has 0 fully saturated rings. The summed E-state index contributed by atoms with van der Waals surface area (Å²) >= 11 is 12.6. The van der Waals surface area contributed by atoms with Crippen molar-refractivity contribution in [1.29, 1.82) is 0 Å². The molecule has 0 aliphatic rings. The molecule has 0 aromatic carbocycles. The zero-order valence-corrected chi connectivity index (χ0v) is 14.7. The van der Waals surface area contributed by atoms with Gasteiger partial charge < -0.3 is 10.3 Å². The van der Waals surface area contributed by atoms with Crippen LogP contribution in [0.2, 0.25) is 10.2 Å². The fraction of sp³-hybridized carbons (Fsp3) is 0.312. The maximum Gasteiger partial charge on any atom is 0.223 e. The Balaban J connectivity index is 2.16. The molecule has 2 N–H and O–H groups in total. The predicted molar refractivity (Wildman–Crippen MR) is 94.2 cm³/mol. The van der Waals surface area contributed by atoms with Crippen molar-refractivity contribution in [3.8, 4) is 0 Å². The van der Waals surface area contributed by atoms with Crippen molar-refractivity contribution >= 4 is 40.2 Å². The first kappa shape index (κ1) is 16.0. The average molecular weight is 350 g/mol. The molecular formula is C16H17Cl2N5. The average Bonchev–Trinajstić information content (AvgIpc) is 2.86. The number of fused-ring (bicyclic) bond motifs is 1. The zero-order valence-electron chi connectivity index (χ0n) is 13.2. The molecule has 0 spiro atoms. The molecule has 0 saturated carbocycles. The highest BCUT2D eigenvalue weighted by atomic mass is 35.5. The summed E-state index contributed by atoms with van der Waals surface area (Å²) in [6.45, 7) is 6.54. The highest BCUT2D eigenvalue weighted by Crippen LogP contribution is 2.29. The fourth-order valence-corrected chi connectivity index (χ4v) is 3.15. The first-order valence-corrected chi connectivity index (χ1v) is 8.09. The van der Waals surface area contributed by atoms with Gasteiger partial charge >= 0.3 is 0 Å². The lowest BCUT2D eigenvalue weighted by molar-refractivity contribution is 0.785. The molecule has 0 unspecified atom stereocenters. The number of nitrogens with two attached hydrogens (primary N) is 1. The van der Waals surface area contributed by atoms with E-state index in [4.69, 9.17) is 28.9 Å².